The summed E-state index contributed by atoms with van der Waals surface area (Å²) in [5.41, 5.74) is 1.73. The molecule has 0 aliphatic rings. The highest BCUT2D eigenvalue weighted by atomic mass is 35.5. The van der Waals surface area contributed by atoms with Crippen LogP contribution in [0.1, 0.15) is 16.1 Å². The van der Waals surface area contributed by atoms with Crippen molar-refractivity contribution < 1.29 is 9.18 Å². The standard InChI is InChI=1S/C15H11ClFN3OS/c16-11-6-10(17)4-3-9(11)8-18-15(21)13-7-12(19-20-13)14-2-1-5-22-14/h1-7H,8H2,(H,18,21)(H,19,20). The van der Waals surface area contributed by atoms with Crippen molar-refractivity contribution in [3.63, 3.8) is 0 Å². The van der Waals surface area contributed by atoms with Crippen molar-refractivity contribution >= 4 is 28.8 Å². The number of aromatic nitrogens is 2. The molecule has 3 aromatic rings. The van der Waals surface area contributed by atoms with Gasteiger partial charge in [0.2, 0.25) is 0 Å². The van der Waals surface area contributed by atoms with E-state index < -0.39 is 5.82 Å². The van der Waals surface area contributed by atoms with E-state index in [-0.39, 0.29) is 17.5 Å². The molecule has 0 bridgehead atoms. The van der Waals surface area contributed by atoms with Crippen LogP contribution in [0.4, 0.5) is 4.39 Å². The normalized spacial score (nSPS) is 10.6. The van der Waals surface area contributed by atoms with E-state index >= 15 is 0 Å². The van der Waals surface area contributed by atoms with Crippen LogP contribution in [0.3, 0.4) is 0 Å². The number of aromatic amines is 1. The number of thiophene rings is 1. The van der Waals surface area contributed by atoms with Crippen molar-refractivity contribution in [1.82, 2.24) is 15.5 Å². The molecule has 0 saturated carbocycles. The van der Waals surface area contributed by atoms with E-state index in [4.69, 9.17) is 11.6 Å². The van der Waals surface area contributed by atoms with E-state index in [2.05, 4.69) is 15.5 Å². The number of carbonyl (C=O) groups is 1. The minimum atomic E-state index is -0.409. The number of hydrogen-bond donors (Lipinski definition) is 2. The summed E-state index contributed by atoms with van der Waals surface area (Å²) in [6.07, 6.45) is 0. The summed E-state index contributed by atoms with van der Waals surface area (Å²) in [5.74, 6) is -0.729. The molecule has 7 heteroatoms. The molecule has 1 aromatic carbocycles. The first-order chi connectivity index (χ1) is 10.6. The highest BCUT2D eigenvalue weighted by molar-refractivity contribution is 7.13. The van der Waals surface area contributed by atoms with Crippen molar-refractivity contribution in [1.29, 1.82) is 0 Å². The van der Waals surface area contributed by atoms with Gasteiger partial charge in [-0.2, -0.15) is 5.10 Å². The van der Waals surface area contributed by atoms with Crippen LogP contribution < -0.4 is 5.32 Å². The molecule has 0 fully saturated rings. The lowest BCUT2D eigenvalue weighted by Crippen LogP contribution is -2.23. The molecule has 0 radical (unpaired) electrons. The maximum absolute atomic E-state index is 13.0. The molecule has 0 aliphatic carbocycles. The lowest BCUT2D eigenvalue weighted by molar-refractivity contribution is 0.0946. The number of halogens is 2. The smallest absolute Gasteiger partial charge is 0.272 e. The predicted molar refractivity (Wildman–Crippen MR) is 84.5 cm³/mol. The zero-order chi connectivity index (χ0) is 15.5. The third-order valence-corrected chi connectivity index (χ3v) is 4.31. The van der Waals surface area contributed by atoms with Crippen LogP contribution in [0.5, 0.6) is 0 Å². The van der Waals surface area contributed by atoms with Crippen LogP contribution in [-0.2, 0) is 6.54 Å². The third kappa shape index (κ3) is 3.18. The van der Waals surface area contributed by atoms with Gasteiger partial charge in [-0.1, -0.05) is 23.7 Å². The average Bonchev–Trinajstić information content (AvgIpc) is 3.17. The Morgan fingerprint density at radius 2 is 2.23 bits per heavy atom. The Morgan fingerprint density at radius 3 is 2.95 bits per heavy atom. The topological polar surface area (TPSA) is 57.8 Å². The second-order valence-electron chi connectivity index (χ2n) is 4.56. The summed E-state index contributed by atoms with van der Waals surface area (Å²) in [4.78, 5) is 13.1. The Bertz CT molecular complexity index is 801. The van der Waals surface area contributed by atoms with Gasteiger partial charge >= 0.3 is 0 Å². The Morgan fingerprint density at radius 1 is 1.36 bits per heavy atom. The first kappa shape index (κ1) is 14.7. The third-order valence-electron chi connectivity index (χ3n) is 3.05. The van der Waals surface area contributed by atoms with Gasteiger partial charge in [-0.05, 0) is 35.2 Å². The number of rotatable bonds is 4. The summed E-state index contributed by atoms with van der Waals surface area (Å²) >= 11 is 7.48. The van der Waals surface area contributed by atoms with Crippen molar-refractivity contribution in [3.8, 4) is 10.6 Å². The number of amides is 1. The van der Waals surface area contributed by atoms with Gasteiger partial charge in [0, 0.05) is 11.6 Å². The number of nitrogens with zero attached hydrogens (tertiary/aromatic N) is 1. The van der Waals surface area contributed by atoms with Crippen LogP contribution in [0, 0.1) is 5.82 Å². The fourth-order valence-electron chi connectivity index (χ4n) is 1.93. The number of carbonyl (C=O) groups excluding carboxylic acids is 1. The van der Waals surface area contributed by atoms with E-state index in [1.54, 1.807) is 23.5 Å². The first-order valence-corrected chi connectivity index (χ1v) is 7.70. The SMILES string of the molecule is O=C(NCc1ccc(F)cc1Cl)c1cc(-c2cccs2)[nH]n1. The molecule has 1 amide bonds. The molecule has 22 heavy (non-hydrogen) atoms. The largest absolute Gasteiger partial charge is 0.347 e. The van der Waals surface area contributed by atoms with Gasteiger partial charge < -0.3 is 5.32 Å². The predicted octanol–water partition coefficient (Wildman–Crippen LogP) is 3.86. The molecule has 4 nitrogen and oxygen atoms in total. The minimum absolute atomic E-state index is 0.207. The van der Waals surface area contributed by atoms with Crippen LogP contribution >= 0.6 is 22.9 Å². The molecular formula is C15H11ClFN3OS. The quantitative estimate of drug-likeness (QED) is 0.760. The summed E-state index contributed by atoms with van der Waals surface area (Å²) in [5, 5.41) is 11.8. The number of hydrogen-bond acceptors (Lipinski definition) is 3. The fourth-order valence-corrected chi connectivity index (χ4v) is 2.85. The molecule has 0 saturated heterocycles. The first-order valence-electron chi connectivity index (χ1n) is 6.45. The monoisotopic (exact) mass is 335 g/mol. The summed E-state index contributed by atoms with van der Waals surface area (Å²) in [6.45, 7) is 0.207. The number of benzene rings is 1. The number of nitrogens with one attached hydrogen (secondary N) is 2. The highest BCUT2D eigenvalue weighted by Crippen LogP contribution is 2.23. The molecule has 0 aliphatic heterocycles. The van der Waals surface area contributed by atoms with E-state index in [9.17, 15) is 9.18 Å². The molecule has 2 heterocycles. The van der Waals surface area contributed by atoms with Crippen molar-refractivity contribution in [2.45, 2.75) is 6.54 Å². The zero-order valence-corrected chi connectivity index (χ0v) is 12.8. The van der Waals surface area contributed by atoms with Crippen LogP contribution in [-0.4, -0.2) is 16.1 Å². The minimum Gasteiger partial charge on any atom is -0.347 e. The Labute approximate surface area is 134 Å². The maximum atomic E-state index is 13.0. The molecule has 2 aromatic heterocycles. The fraction of sp³-hybridized carbons (Fsp3) is 0.0667. The van der Waals surface area contributed by atoms with Gasteiger partial charge in [0.05, 0.1) is 10.6 Å². The molecule has 2 N–H and O–H groups in total. The van der Waals surface area contributed by atoms with Crippen LogP contribution in [0.2, 0.25) is 5.02 Å². The summed E-state index contributed by atoms with van der Waals surface area (Å²) in [7, 11) is 0. The molecule has 0 spiro atoms. The van der Waals surface area contributed by atoms with Crippen molar-refractivity contribution in [2.24, 2.45) is 0 Å². The van der Waals surface area contributed by atoms with Crippen LogP contribution in [0.25, 0.3) is 10.6 Å². The zero-order valence-electron chi connectivity index (χ0n) is 11.3. The van der Waals surface area contributed by atoms with Gasteiger partial charge in [-0.15, -0.1) is 11.3 Å². The maximum Gasteiger partial charge on any atom is 0.272 e. The summed E-state index contributed by atoms with van der Waals surface area (Å²) in [6, 6.07) is 9.62. The van der Waals surface area contributed by atoms with Gasteiger partial charge in [0.25, 0.3) is 5.91 Å². The Hall–Kier alpha value is -2.18. The molecule has 112 valence electrons. The highest BCUT2D eigenvalue weighted by Gasteiger charge is 2.12. The molecule has 3 rings (SSSR count). The Kier molecular flexibility index (Phi) is 4.22. The van der Waals surface area contributed by atoms with Gasteiger partial charge in [0.15, 0.2) is 5.69 Å². The molecule has 0 atom stereocenters. The second kappa shape index (κ2) is 6.29. The lowest BCUT2D eigenvalue weighted by atomic mass is 10.2. The van der Waals surface area contributed by atoms with E-state index in [1.807, 2.05) is 17.5 Å². The second-order valence-corrected chi connectivity index (χ2v) is 5.92. The van der Waals surface area contributed by atoms with Gasteiger partial charge in [-0.3, -0.25) is 9.89 Å². The van der Waals surface area contributed by atoms with E-state index in [0.29, 0.717) is 11.3 Å². The lowest BCUT2D eigenvalue weighted by Gasteiger charge is -2.05. The average molecular weight is 336 g/mol. The van der Waals surface area contributed by atoms with Crippen molar-refractivity contribution in [3.05, 3.63) is 63.9 Å². The number of H-pyrrole nitrogens is 1. The van der Waals surface area contributed by atoms with Crippen molar-refractivity contribution in [2.75, 3.05) is 0 Å². The van der Waals surface area contributed by atoms with Crippen LogP contribution in [0.15, 0.2) is 41.8 Å². The van der Waals surface area contributed by atoms with Gasteiger partial charge in [-0.25, -0.2) is 4.39 Å². The van der Waals surface area contributed by atoms with Gasteiger partial charge in [0.1, 0.15) is 5.82 Å². The Balaban J connectivity index is 1.67. The van der Waals surface area contributed by atoms with E-state index in [0.717, 1.165) is 10.6 Å². The summed E-state index contributed by atoms with van der Waals surface area (Å²) < 4.78 is 13.0. The molecular weight excluding hydrogens is 325 g/mol. The molecule has 0 unspecified atom stereocenters. The van der Waals surface area contributed by atoms with E-state index in [1.165, 1.54) is 12.1 Å².